The number of hydrogen-bond acceptors (Lipinski definition) is 2. The molecule has 3 nitrogen and oxygen atoms in total. The first-order chi connectivity index (χ1) is 10.2. The van der Waals surface area contributed by atoms with Gasteiger partial charge in [-0.15, -0.1) is 0 Å². The van der Waals surface area contributed by atoms with Gasteiger partial charge in [0.15, 0.2) is 0 Å². The predicted octanol–water partition coefficient (Wildman–Crippen LogP) is 3.05. The maximum atomic E-state index is 12.3. The topological polar surface area (TPSA) is 26.3 Å². The normalized spacial score (nSPS) is 13.8. The van der Waals surface area contributed by atoms with Crippen molar-refractivity contribution in [3.63, 3.8) is 0 Å². The maximum Gasteiger partial charge on any atom is 0.338 e. The first kappa shape index (κ1) is 15.8. The third-order valence-electron chi connectivity index (χ3n) is 4.86. The highest BCUT2D eigenvalue weighted by Gasteiger charge is 2.24. The van der Waals surface area contributed by atoms with Gasteiger partial charge in [-0.3, -0.25) is 0 Å². The van der Waals surface area contributed by atoms with Gasteiger partial charge < -0.3 is 9.22 Å². The number of rotatable bonds is 7. The fourth-order valence-corrected chi connectivity index (χ4v) is 3.03. The number of esters is 1. The van der Waals surface area contributed by atoms with Crippen LogP contribution < -0.4 is 0 Å². The van der Waals surface area contributed by atoms with E-state index in [1.54, 1.807) is 0 Å². The second kappa shape index (κ2) is 6.90. The first-order valence-corrected chi connectivity index (χ1v) is 7.96. The summed E-state index contributed by atoms with van der Waals surface area (Å²) < 4.78 is 6.52. The number of hydrogen-bond donors (Lipinski definition) is 0. The predicted molar refractivity (Wildman–Crippen MR) is 85.8 cm³/mol. The van der Waals surface area contributed by atoms with Crippen LogP contribution in [-0.2, 0) is 16.0 Å². The Kier molecular flexibility index (Phi) is 5.18. The zero-order valence-corrected chi connectivity index (χ0v) is 13.4. The first-order valence-electron chi connectivity index (χ1n) is 7.96. The largest absolute Gasteiger partial charge is 0.456 e. The van der Waals surface area contributed by atoms with E-state index >= 15 is 0 Å². The smallest absolute Gasteiger partial charge is 0.338 e. The summed E-state index contributed by atoms with van der Waals surface area (Å²) >= 11 is 0. The molecule has 1 aromatic rings. The lowest BCUT2D eigenvalue weighted by Gasteiger charge is -2.35. The van der Waals surface area contributed by atoms with E-state index < -0.39 is 0 Å². The van der Waals surface area contributed by atoms with Gasteiger partial charge >= 0.3 is 5.97 Å². The highest BCUT2D eigenvalue weighted by molar-refractivity contribution is 6.18. The minimum atomic E-state index is -0.179. The molecular formula is C18H26NO2+. The Morgan fingerprint density at radius 2 is 1.81 bits per heavy atom. The Balaban J connectivity index is 1.92. The molecule has 0 saturated heterocycles. The van der Waals surface area contributed by atoms with E-state index in [4.69, 9.17) is 4.74 Å². The Morgan fingerprint density at radius 1 is 1.14 bits per heavy atom. The van der Waals surface area contributed by atoms with Crippen molar-refractivity contribution in [2.24, 2.45) is 0 Å². The van der Waals surface area contributed by atoms with Gasteiger partial charge in [0.2, 0.25) is 0 Å². The molecular weight excluding hydrogens is 262 g/mol. The Bertz CT molecular complexity index is 522. The second-order valence-electron chi connectivity index (χ2n) is 5.63. The molecule has 0 fully saturated rings. The maximum absolute atomic E-state index is 12.3. The van der Waals surface area contributed by atoms with Crippen LogP contribution in [0, 0.1) is 0 Å². The summed E-state index contributed by atoms with van der Waals surface area (Å²) in [4.78, 5) is 12.3. The lowest BCUT2D eigenvalue weighted by molar-refractivity contribution is -0.923. The number of nitrogens with zero attached hydrogens (tertiary/aromatic N) is 1. The molecule has 0 unspecified atom stereocenters. The number of quaternary nitrogens is 1. The minimum Gasteiger partial charge on any atom is -0.456 e. The molecule has 114 valence electrons. The van der Waals surface area contributed by atoms with Gasteiger partial charge in [0.05, 0.1) is 25.2 Å². The molecule has 3 heteroatoms. The number of carbonyl (C=O) groups excluding carboxylic acids is 1. The summed E-state index contributed by atoms with van der Waals surface area (Å²) in [5.41, 5.74) is 2.98. The van der Waals surface area contributed by atoms with Crippen LogP contribution in [0.25, 0.3) is 5.57 Å². The van der Waals surface area contributed by atoms with Crippen molar-refractivity contribution in [2.45, 2.75) is 27.2 Å². The molecule has 0 radical (unpaired) electrons. The monoisotopic (exact) mass is 288 g/mol. The van der Waals surface area contributed by atoms with E-state index in [0.717, 1.165) is 48.2 Å². The van der Waals surface area contributed by atoms with Crippen molar-refractivity contribution in [3.8, 4) is 0 Å². The Morgan fingerprint density at radius 3 is 2.48 bits per heavy atom. The number of benzene rings is 1. The fourth-order valence-electron chi connectivity index (χ4n) is 3.03. The lowest BCUT2D eigenvalue weighted by Crippen LogP contribution is -2.49. The van der Waals surface area contributed by atoms with Crippen molar-refractivity contribution in [2.75, 3.05) is 32.8 Å². The molecule has 0 aromatic heterocycles. The minimum absolute atomic E-state index is 0.179. The Labute approximate surface area is 127 Å². The summed E-state index contributed by atoms with van der Waals surface area (Å²) in [7, 11) is 0. The summed E-state index contributed by atoms with van der Waals surface area (Å²) in [5.74, 6) is -0.179. The molecule has 1 aliphatic carbocycles. The van der Waals surface area contributed by atoms with Gasteiger partial charge in [0.25, 0.3) is 0 Å². The number of ether oxygens (including phenoxy) is 1. The van der Waals surface area contributed by atoms with Crippen molar-refractivity contribution < 1.29 is 14.0 Å². The Hall–Kier alpha value is -1.61. The zero-order chi connectivity index (χ0) is 15.3. The highest BCUT2D eigenvalue weighted by Crippen LogP contribution is 2.27. The van der Waals surface area contributed by atoms with Crippen molar-refractivity contribution in [1.82, 2.24) is 0 Å². The van der Waals surface area contributed by atoms with Gasteiger partial charge in [0.1, 0.15) is 13.2 Å². The van der Waals surface area contributed by atoms with E-state index in [1.807, 2.05) is 24.3 Å². The van der Waals surface area contributed by atoms with Crippen molar-refractivity contribution in [1.29, 1.82) is 0 Å². The average molecular weight is 288 g/mol. The van der Waals surface area contributed by atoms with E-state index in [1.165, 1.54) is 5.56 Å². The van der Waals surface area contributed by atoms with Gasteiger partial charge in [-0.2, -0.15) is 0 Å². The summed E-state index contributed by atoms with van der Waals surface area (Å²) in [6.07, 6.45) is 2.81. The lowest BCUT2D eigenvalue weighted by atomic mass is 10.1. The number of allylic oxidation sites excluding steroid dienone is 1. The molecule has 1 aliphatic rings. The average Bonchev–Trinajstić information content (AvgIpc) is 2.96. The number of carbonyl (C=O) groups is 1. The van der Waals surface area contributed by atoms with E-state index in [9.17, 15) is 4.79 Å². The molecule has 0 spiro atoms. The van der Waals surface area contributed by atoms with Crippen molar-refractivity contribution in [3.05, 3.63) is 41.5 Å². The molecule has 0 amide bonds. The van der Waals surface area contributed by atoms with Crippen LogP contribution in [-0.4, -0.2) is 43.2 Å². The van der Waals surface area contributed by atoms with Crippen LogP contribution in [0.3, 0.4) is 0 Å². The third kappa shape index (κ3) is 3.35. The van der Waals surface area contributed by atoms with Crippen LogP contribution in [0.5, 0.6) is 0 Å². The second-order valence-corrected chi connectivity index (χ2v) is 5.63. The molecule has 0 heterocycles. The molecule has 2 rings (SSSR count). The van der Waals surface area contributed by atoms with Gasteiger partial charge in [-0.1, -0.05) is 30.3 Å². The number of fused-ring (bicyclic) bond motifs is 1. The summed E-state index contributed by atoms with van der Waals surface area (Å²) in [5, 5.41) is 0. The van der Waals surface area contributed by atoms with E-state index in [-0.39, 0.29) is 5.97 Å². The number of likely N-dealkylation sites (N-methyl/N-ethyl adjacent to an activating group) is 1. The van der Waals surface area contributed by atoms with E-state index in [2.05, 4.69) is 26.8 Å². The van der Waals surface area contributed by atoms with Crippen LogP contribution in [0.1, 0.15) is 31.9 Å². The van der Waals surface area contributed by atoms with Gasteiger partial charge in [-0.25, -0.2) is 4.79 Å². The van der Waals surface area contributed by atoms with Crippen molar-refractivity contribution >= 4 is 11.5 Å². The SMILES string of the molecule is CC[N+](CC)(CC)CCOC(=O)C1=CCc2ccccc21. The molecule has 0 atom stereocenters. The van der Waals surface area contributed by atoms with E-state index in [0.29, 0.717) is 6.61 Å². The van der Waals surface area contributed by atoms with Crippen LogP contribution in [0.15, 0.2) is 30.3 Å². The van der Waals surface area contributed by atoms with Crippen LogP contribution in [0.2, 0.25) is 0 Å². The fraction of sp³-hybridized carbons (Fsp3) is 0.500. The van der Waals surface area contributed by atoms with Crippen LogP contribution in [0.4, 0.5) is 0 Å². The van der Waals surface area contributed by atoms with Gasteiger partial charge in [-0.05, 0) is 38.3 Å². The zero-order valence-electron chi connectivity index (χ0n) is 13.4. The standard InChI is InChI=1S/C18H26NO2/c1-4-19(5-2,6-3)13-14-21-18(20)17-12-11-15-9-7-8-10-16(15)17/h7-10,12H,4-6,11,13-14H2,1-3H3/q+1. The third-order valence-corrected chi connectivity index (χ3v) is 4.86. The van der Waals surface area contributed by atoms with Crippen LogP contribution >= 0.6 is 0 Å². The molecule has 21 heavy (non-hydrogen) atoms. The molecule has 0 bridgehead atoms. The highest BCUT2D eigenvalue weighted by atomic mass is 16.5. The quantitative estimate of drug-likeness (QED) is 0.569. The molecule has 0 saturated carbocycles. The summed E-state index contributed by atoms with van der Waals surface area (Å²) in [6.45, 7) is 11.2. The molecule has 1 aromatic carbocycles. The summed E-state index contributed by atoms with van der Waals surface area (Å²) in [6, 6.07) is 8.05. The molecule has 0 N–H and O–H groups in total. The molecule has 0 aliphatic heterocycles. The van der Waals surface area contributed by atoms with Gasteiger partial charge in [0, 0.05) is 0 Å².